The van der Waals surface area contributed by atoms with Crippen molar-refractivity contribution in [1.82, 2.24) is 4.90 Å². The van der Waals surface area contributed by atoms with Crippen LogP contribution in [0.1, 0.15) is 75.7 Å². The van der Waals surface area contributed by atoms with E-state index >= 15 is 0 Å². The fourth-order valence-electron chi connectivity index (χ4n) is 3.40. The minimum Gasteiger partial charge on any atom is -0.464 e. The van der Waals surface area contributed by atoms with Gasteiger partial charge in [-0.2, -0.15) is 0 Å². The first-order valence-electron chi connectivity index (χ1n) is 10.4. The molecule has 0 aromatic heterocycles. The highest BCUT2D eigenvalue weighted by molar-refractivity contribution is 5.78. The van der Waals surface area contributed by atoms with Crippen LogP contribution in [0.15, 0.2) is 0 Å². The SMILES string of the molecule is COC(C)(C)CCOC(C)(C)C(C)(C)C(C)(C(=O)OCCN(C)C)C(C)(C)C. The number of esters is 1. The summed E-state index contributed by atoms with van der Waals surface area (Å²) < 4.78 is 17.6. The van der Waals surface area contributed by atoms with Gasteiger partial charge in [-0.25, -0.2) is 0 Å². The number of hydrogen-bond donors (Lipinski definition) is 0. The summed E-state index contributed by atoms with van der Waals surface area (Å²) in [5.74, 6) is -0.166. The maximum Gasteiger partial charge on any atom is 0.313 e. The molecule has 0 amide bonds. The first-order valence-corrected chi connectivity index (χ1v) is 10.4. The summed E-state index contributed by atoms with van der Waals surface area (Å²) in [4.78, 5) is 15.4. The van der Waals surface area contributed by atoms with Gasteiger partial charge in [-0.3, -0.25) is 4.79 Å². The molecule has 0 heterocycles. The highest BCUT2D eigenvalue weighted by atomic mass is 16.5. The molecule has 0 fully saturated rings. The summed E-state index contributed by atoms with van der Waals surface area (Å²) >= 11 is 0. The molecule has 0 spiro atoms. The Kier molecular flexibility index (Phi) is 9.22. The smallest absolute Gasteiger partial charge is 0.313 e. The maximum atomic E-state index is 13.3. The summed E-state index contributed by atoms with van der Waals surface area (Å²) in [5, 5.41) is 0. The average molecular weight is 402 g/mol. The summed E-state index contributed by atoms with van der Waals surface area (Å²) in [5.41, 5.74) is -2.31. The highest BCUT2D eigenvalue weighted by Gasteiger charge is 2.61. The van der Waals surface area contributed by atoms with E-state index in [9.17, 15) is 4.79 Å². The Bertz CT molecular complexity index is 503. The van der Waals surface area contributed by atoms with Crippen LogP contribution >= 0.6 is 0 Å². The van der Waals surface area contributed by atoms with E-state index in [0.717, 1.165) is 6.42 Å². The van der Waals surface area contributed by atoms with Gasteiger partial charge in [-0.15, -0.1) is 0 Å². The Morgan fingerprint density at radius 1 is 0.857 bits per heavy atom. The molecule has 0 saturated carbocycles. The molecule has 1 atom stereocenters. The zero-order valence-corrected chi connectivity index (χ0v) is 20.9. The molecule has 0 saturated heterocycles. The zero-order chi connectivity index (χ0) is 22.6. The molecular weight excluding hydrogens is 354 g/mol. The Hall–Kier alpha value is -0.650. The van der Waals surface area contributed by atoms with Gasteiger partial charge in [0.15, 0.2) is 0 Å². The lowest BCUT2D eigenvalue weighted by atomic mass is 9.50. The van der Waals surface area contributed by atoms with E-state index in [1.54, 1.807) is 7.11 Å². The van der Waals surface area contributed by atoms with Crippen molar-refractivity contribution in [2.75, 3.05) is 41.0 Å². The summed E-state index contributed by atoms with van der Waals surface area (Å²) in [6.45, 7) is 22.5. The monoisotopic (exact) mass is 401 g/mol. The van der Waals surface area contributed by atoms with Crippen molar-refractivity contribution in [3.05, 3.63) is 0 Å². The van der Waals surface area contributed by atoms with Crippen LogP contribution in [0, 0.1) is 16.2 Å². The molecule has 28 heavy (non-hydrogen) atoms. The van der Waals surface area contributed by atoms with Gasteiger partial charge in [0.25, 0.3) is 0 Å². The fraction of sp³-hybridized carbons (Fsp3) is 0.957. The summed E-state index contributed by atoms with van der Waals surface area (Å²) in [7, 11) is 5.66. The summed E-state index contributed by atoms with van der Waals surface area (Å²) in [6.07, 6.45) is 0.780. The number of methoxy groups -OCH3 is 1. The standard InChI is InChI=1S/C23H47NO4/c1-19(2,3)23(10,18(25)27-17-15-24(11)12)21(6,7)22(8,9)28-16-14-20(4,5)26-13/h14-17H2,1-13H3. The number of likely N-dealkylation sites (N-methyl/N-ethyl adjacent to an activating group) is 1. The third kappa shape index (κ3) is 6.17. The quantitative estimate of drug-likeness (QED) is 0.466. The molecule has 5 nitrogen and oxygen atoms in total. The lowest BCUT2D eigenvalue weighted by molar-refractivity contribution is -0.208. The van der Waals surface area contributed by atoms with E-state index in [1.165, 1.54) is 0 Å². The lowest BCUT2D eigenvalue weighted by Gasteiger charge is -2.56. The van der Waals surface area contributed by atoms with Crippen LogP contribution in [-0.4, -0.2) is 63.0 Å². The van der Waals surface area contributed by atoms with Crippen molar-refractivity contribution in [3.8, 4) is 0 Å². The predicted molar refractivity (Wildman–Crippen MR) is 117 cm³/mol. The van der Waals surface area contributed by atoms with E-state index in [2.05, 4.69) is 62.3 Å². The largest absolute Gasteiger partial charge is 0.464 e. The number of hydrogen-bond acceptors (Lipinski definition) is 5. The van der Waals surface area contributed by atoms with Gasteiger partial charge in [0.05, 0.1) is 23.2 Å². The van der Waals surface area contributed by atoms with Crippen molar-refractivity contribution in [1.29, 1.82) is 0 Å². The molecule has 0 aliphatic heterocycles. The molecule has 168 valence electrons. The lowest BCUT2D eigenvalue weighted by Crippen LogP contribution is -2.61. The molecule has 0 bridgehead atoms. The number of carbonyl (C=O) groups is 1. The van der Waals surface area contributed by atoms with Crippen LogP contribution in [0.3, 0.4) is 0 Å². The Morgan fingerprint density at radius 3 is 1.75 bits per heavy atom. The van der Waals surface area contributed by atoms with Crippen molar-refractivity contribution < 1.29 is 19.0 Å². The van der Waals surface area contributed by atoms with Gasteiger partial charge in [0.2, 0.25) is 0 Å². The Balaban J connectivity index is 5.64. The van der Waals surface area contributed by atoms with Gasteiger partial charge >= 0.3 is 5.97 Å². The number of carbonyl (C=O) groups excluding carboxylic acids is 1. The van der Waals surface area contributed by atoms with Crippen molar-refractivity contribution in [2.24, 2.45) is 16.2 Å². The topological polar surface area (TPSA) is 48.0 Å². The van der Waals surface area contributed by atoms with Crippen molar-refractivity contribution >= 4 is 5.97 Å². The maximum absolute atomic E-state index is 13.3. The molecule has 0 aromatic carbocycles. The molecule has 0 N–H and O–H groups in total. The minimum atomic E-state index is -0.743. The van der Waals surface area contributed by atoms with E-state index in [4.69, 9.17) is 14.2 Å². The second-order valence-corrected chi connectivity index (χ2v) is 11.0. The summed E-state index contributed by atoms with van der Waals surface area (Å²) in [6, 6.07) is 0. The number of ether oxygens (including phenoxy) is 3. The third-order valence-corrected chi connectivity index (χ3v) is 7.15. The molecule has 1 unspecified atom stereocenters. The van der Waals surface area contributed by atoms with Gasteiger partial charge in [0, 0.05) is 19.1 Å². The fourth-order valence-corrected chi connectivity index (χ4v) is 3.40. The van der Waals surface area contributed by atoms with Crippen LogP contribution in [0.2, 0.25) is 0 Å². The molecule has 0 rings (SSSR count). The third-order valence-electron chi connectivity index (χ3n) is 7.15. The Morgan fingerprint density at radius 2 is 1.36 bits per heavy atom. The zero-order valence-electron chi connectivity index (χ0n) is 20.9. The molecule has 5 heteroatoms. The van der Waals surface area contributed by atoms with E-state index in [-0.39, 0.29) is 17.0 Å². The predicted octanol–water partition coefficient (Wildman–Crippen LogP) is 4.78. The van der Waals surface area contributed by atoms with Gasteiger partial charge in [0.1, 0.15) is 6.61 Å². The second kappa shape index (κ2) is 9.44. The van der Waals surface area contributed by atoms with E-state index < -0.39 is 16.4 Å². The first-order chi connectivity index (χ1) is 12.4. The van der Waals surface area contributed by atoms with Crippen LogP contribution < -0.4 is 0 Å². The van der Waals surface area contributed by atoms with Gasteiger partial charge in [-0.1, -0.05) is 34.6 Å². The number of rotatable bonds is 11. The van der Waals surface area contributed by atoms with Crippen LogP contribution in [0.5, 0.6) is 0 Å². The number of nitrogens with zero attached hydrogens (tertiary/aromatic N) is 1. The molecular formula is C23H47NO4. The van der Waals surface area contributed by atoms with Crippen molar-refractivity contribution in [2.45, 2.75) is 86.9 Å². The van der Waals surface area contributed by atoms with Crippen LogP contribution in [-0.2, 0) is 19.0 Å². The molecule has 0 radical (unpaired) electrons. The van der Waals surface area contributed by atoms with Crippen molar-refractivity contribution in [3.63, 3.8) is 0 Å². The van der Waals surface area contributed by atoms with Gasteiger partial charge in [-0.05, 0) is 60.5 Å². The first kappa shape index (κ1) is 27.4. The van der Waals surface area contributed by atoms with E-state index in [1.807, 2.05) is 25.9 Å². The Labute approximate surface area is 174 Å². The minimum absolute atomic E-state index is 0.166. The average Bonchev–Trinajstić information content (AvgIpc) is 2.51. The normalized spacial score (nSPS) is 16.2. The second-order valence-electron chi connectivity index (χ2n) is 11.0. The van der Waals surface area contributed by atoms with Crippen LogP contribution in [0.25, 0.3) is 0 Å². The van der Waals surface area contributed by atoms with Crippen LogP contribution in [0.4, 0.5) is 0 Å². The van der Waals surface area contributed by atoms with Gasteiger partial charge < -0.3 is 19.1 Å². The molecule has 0 aliphatic carbocycles. The highest BCUT2D eigenvalue weighted by Crippen LogP contribution is 2.57. The molecule has 0 aromatic rings. The van der Waals surface area contributed by atoms with E-state index in [0.29, 0.717) is 19.8 Å². The molecule has 0 aliphatic rings.